The third kappa shape index (κ3) is 9.07. The van der Waals surface area contributed by atoms with Crippen LogP contribution < -0.4 is 10.6 Å². The third-order valence-electron chi connectivity index (χ3n) is 3.06. The topological polar surface area (TPSA) is 62.7 Å². The Morgan fingerprint density at radius 3 is 2.55 bits per heavy atom. The predicted molar refractivity (Wildman–Crippen MR) is 105 cm³/mol. The summed E-state index contributed by atoms with van der Waals surface area (Å²) in [6.45, 7) is 11.5. The lowest BCUT2D eigenvalue weighted by atomic mass is 10.1. The smallest absolute Gasteiger partial charge is 0.328 e. The quantitative estimate of drug-likeness (QED) is 0.296. The van der Waals surface area contributed by atoms with Gasteiger partial charge in [-0.2, -0.15) is 11.8 Å². The van der Waals surface area contributed by atoms with Crippen molar-refractivity contribution in [2.75, 3.05) is 25.4 Å². The maximum Gasteiger partial charge on any atom is 0.328 e. The molecule has 1 unspecified atom stereocenters. The van der Waals surface area contributed by atoms with Crippen LogP contribution in [-0.2, 0) is 9.53 Å². The van der Waals surface area contributed by atoms with Crippen LogP contribution in [0, 0.1) is 0 Å². The Bertz CT molecular complexity index is 377. The van der Waals surface area contributed by atoms with E-state index in [0.29, 0.717) is 5.96 Å². The zero-order valence-corrected chi connectivity index (χ0v) is 17.5. The van der Waals surface area contributed by atoms with Crippen LogP contribution in [0.2, 0.25) is 0 Å². The molecule has 0 aromatic heterocycles. The summed E-state index contributed by atoms with van der Waals surface area (Å²) in [6.07, 6.45) is 2.49. The Balaban J connectivity index is 0.00000441. The molecule has 1 saturated heterocycles. The standard InChI is InChI=1S/C15H29N3O2S.HI/c1-6-16-13(17-10-12(19)20-14(2,3)4)18-11-15(5)8-7-9-21-15;/h6-11H2,1-5H3,(H2,16,17,18);1H. The van der Waals surface area contributed by atoms with Crippen molar-refractivity contribution in [3.05, 3.63) is 0 Å². The largest absolute Gasteiger partial charge is 0.459 e. The van der Waals surface area contributed by atoms with Gasteiger partial charge < -0.3 is 15.4 Å². The Labute approximate surface area is 155 Å². The first kappa shape index (κ1) is 21.8. The third-order valence-corrected chi connectivity index (χ3v) is 4.60. The van der Waals surface area contributed by atoms with Gasteiger partial charge in [-0.25, -0.2) is 4.99 Å². The van der Waals surface area contributed by atoms with Gasteiger partial charge in [-0.1, -0.05) is 0 Å². The number of guanidine groups is 1. The summed E-state index contributed by atoms with van der Waals surface area (Å²) >= 11 is 2.00. The second-order valence-corrected chi connectivity index (χ2v) is 8.22. The molecule has 0 radical (unpaired) electrons. The molecule has 1 heterocycles. The summed E-state index contributed by atoms with van der Waals surface area (Å²) in [4.78, 5) is 16.0. The van der Waals surface area contributed by atoms with Gasteiger partial charge in [-0.3, -0.25) is 4.79 Å². The molecule has 5 nitrogen and oxygen atoms in total. The molecular formula is C15H30IN3O2S. The van der Waals surface area contributed by atoms with E-state index >= 15 is 0 Å². The minimum absolute atomic E-state index is 0. The van der Waals surface area contributed by atoms with Gasteiger partial charge >= 0.3 is 5.97 Å². The molecule has 0 aromatic carbocycles. The summed E-state index contributed by atoms with van der Waals surface area (Å²) in [5.41, 5.74) is -0.466. The average Bonchev–Trinajstić information content (AvgIpc) is 2.78. The van der Waals surface area contributed by atoms with Gasteiger partial charge in [-0.15, -0.1) is 24.0 Å². The van der Waals surface area contributed by atoms with Crippen molar-refractivity contribution < 1.29 is 9.53 Å². The summed E-state index contributed by atoms with van der Waals surface area (Å²) in [7, 11) is 0. The SMILES string of the molecule is CCNC(=NCC(=O)OC(C)(C)C)NCC1(C)CCCS1.I. The molecule has 0 aromatic rings. The number of carbonyl (C=O) groups excluding carboxylic acids is 1. The molecule has 7 heteroatoms. The molecule has 1 fully saturated rings. The first-order chi connectivity index (χ1) is 9.74. The van der Waals surface area contributed by atoms with E-state index in [4.69, 9.17) is 4.74 Å². The van der Waals surface area contributed by atoms with E-state index in [2.05, 4.69) is 22.5 Å². The van der Waals surface area contributed by atoms with Crippen LogP contribution in [0.4, 0.5) is 0 Å². The minimum Gasteiger partial charge on any atom is -0.459 e. The fraction of sp³-hybridized carbons (Fsp3) is 0.867. The highest BCUT2D eigenvalue weighted by Gasteiger charge is 2.29. The van der Waals surface area contributed by atoms with Crippen LogP contribution in [0.3, 0.4) is 0 Å². The van der Waals surface area contributed by atoms with Gasteiger partial charge in [0.25, 0.3) is 0 Å². The van der Waals surface area contributed by atoms with E-state index in [1.807, 2.05) is 39.5 Å². The highest BCUT2D eigenvalue weighted by molar-refractivity contribution is 14.0. The van der Waals surface area contributed by atoms with Crippen molar-refractivity contribution >= 4 is 47.7 Å². The Kier molecular flexibility index (Phi) is 9.77. The number of ether oxygens (including phenoxy) is 1. The monoisotopic (exact) mass is 443 g/mol. The minimum atomic E-state index is -0.466. The van der Waals surface area contributed by atoms with E-state index in [1.54, 1.807) is 0 Å². The summed E-state index contributed by atoms with van der Waals surface area (Å²) < 4.78 is 5.52. The number of aliphatic imine (C=N–C) groups is 1. The molecule has 22 heavy (non-hydrogen) atoms. The lowest BCUT2D eigenvalue weighted by Crippen LogP contribution is -2.44. The van der Waals surface area contributed by atoms with Gasteiger partial charge in [0.05, 0.1) is 0 Å². The molecule has 130 valence electrons. The van der Waals surface area contributed by atoms with Crippen molar-refractivity contribution in [2.24, 2.45) is 4.99 Å². The van der Waals surface area contributed by atoms with Crippen LogP contribution in [0.1, 0.15) is 47.5 Å². The number of carbonyl (C=O) groups is 1. The summed E-state index contributed by atoms with van der Waals surface area (Å²) in [5, 5.41) is 6.50. The van der Waals surface area contributed by atoms with E-state index in [-0.39, 0.29) is 41.2 Å². The number of nitrogens with one attached hydrogen (secondary N) is 2. The van der Waals surface area contributed by atoms with Crippen LogP contribution in [0.5, 0.6) is 0 Å². The van der Waals surface area contributed by atoms with Crippen molar-refractivity contribution in [3.8, 4) is 0 Å². The van der Waals surface area contributed by atoms with Crippen LogP contribution in [0.25, 0.3) is 0 Å². The van der Waals surface area contributed by atoms with Gasteiger partial charge in [0, 0.05) is 17.8 Å². The summed E-state index contributed by atoms with van der Waals surface area (Å²) in [5.74, 6) is 1.60. The molecule has 1 aliphatic rings. The van der Waals surface area contributed by atoms with Gasteiger partial charge in [-0.05, 0) is 53.2 Å². The Morgan fingerprint density at radius 2 is 2.05 bits per heavy atom. The molecule has 1 aliphatic heterocycles. The second-order valence-electron chi connectivity index (χ2n) is 6.54. The molecule has 1 rings (SSSR count). The number of esters is 1. The van der Waals surface area contributed by atoms with Gasteiger partial charge in [0.1, 0.15) is 12.1 Å². The lowest BCUT2D eigenvalue weighted by molar-refractivity contribution is -0.152. The summed E-state index contributed by atoms with van der Waals surface area (Å²) in [6, 6.07) is 0. The second kappa shape index (κ2) is 9.85. The maximum absolute atomic E-state index is 11.7. The number of thioether (sulfide) groups is 1. The molecule has 0 amide bonds. The maximum atomic E-state index is 11.7. The van der Waals surface area contributed by atoms with Crippen LogP contribution in [-0.4, -0.2) is 47.7 Å². The van der Waals surface area contributed by atoms with Crippen LogP contribution in [0.15, 0.2) is 4.99 Å². The van der Waals surface area contributed by atoms with E-state index < -0.39 is 5.60 Å². The lowest BCUT2D eigenvalue weighted by Gasteiger charge is -2.24. The van der Waals surface area contributed by atoms with Crippen molar-refractivity contribution in [2.45, 2.75) is 57.8 Å². The van der Waals surface area contributed by atoms with Crippen LogP contribution >= 0.6 is 35.7 Å². The number of nitrogens with zero attached hydrogens (tertiary/aromatic N) is 1. The molecule has 0 bridgehead atoms. The zero-order valence-electron chi connectivity index (χ0n) is 14.3. The number of hydrogen-bond acceptors (Lipinski definition) is 4. The fourth-order valence-electron chi connectivity index (χ4n) is 2.11. The van der Waals surface area contributed by atoms with Crippen molar-refractivity contribution in [1.29, 1.82) is 0 Å². The fourth-order valence-corrected chi connectivity index (χ4v) is 3.35. The first-order valence-corrected chi connectivity index (χ1v) is 8.61. The molecule has 0 saturated carbocycles. The number of hydrogen-bond donors (Lipinski definition) is 2. The Hall–Kier alpha value is -0.180. The van der Waals surface area contributed by atoms with Gasteiger partial charge in [0.2, 0.25) is 0 Å². The number of rotatable bonds is 5. The normalized spacial score (nSPS) is 22.0. The van der Waals surface area contributed by atoms with Crippen molar-refractivity contribution in [3.63, 3.8) is 0 Å². The first-order valence-electron chi connectivity index (χ1n) is 7.62. The predicted octanol–water partition coefficient (Wildman–Crippen LogP) is 2.79. The molecule has 0 spiro atoms. The molecule has 2 N–H and O–H groups in total. The van der Waals surface area contributed by atoms with E-state index in [1.165, 1.54) is 18.6 Å². The number of halogens is 1. The van der Waals surface area contributed by atoms with Gasteiger partial charge in [0.15, 0.2) is 5.96 Å². The molecule has 0 aliphatic carbocycles. The van der Waals surface area contributed by atoms with E-state index in [9.17, 15) is 4.79 Å². The Morgan fingerprint density at radius 1 is 1.36 bits per heavy atom. The van der Waals surface area contributed by atoms with E-state index in [0.717, 1.165) is 13.1 Å². The molecular weight excluding hydrogens is 413 g/mol. The highest BCUT2D eigenvalue weighted by atomic mass is 127. The zero-order chi connectivity index (χ0) is 15.9. The average molecular weight is 443 g/mol. The molecule has 1 atom stereocenters. The highest BCUT2D eigenvalue weighted by Crippen LogP contribution is 2.36. The van der Waals surface area contributed by atoms with Crippen molar-refractivity contribution in [1.82, 2.24) is 10.6 Å².